The molecule has 1 aliphatic rings. The molecule has 100 valence electrons. The number of carbonyl (C=O) groups excluding carboxylic acids is 1. The zero-order valence-electron chi connectivity index (χ0n) is 10.4. The number of rotatable bonds is 4. The van der Waals surface area contributed by atoms with Crippen molar-refractivity contribution in [2.45, 2.75) is 31.8 Å². The monoisotopic (exact) mass is 294 g/mol. The lowest BCUT2D eigenvalue weighted by molar-refractivity contribution is -0.124. The zero-order valence-corrected chi connectivity index (χ0v) is 12.1. The maximum absolute atomic E-state index is 12.1. The van der Waals surface area contributed by atoms with Crippen molar-refractivity contribution >= 4 is 29.5 Å². The van der Waals surface area contributed by atoms with Crippen molar-refractivity contribution in [2.75, 3.05) is 0 Å². The van der Waals surface area contributed by atoms with Crippen LogP contribution in [0.2, 0.25) is 0 Å². The van der Waals surface area contributed by atoms with Gasteiger partial charge in [-0.2, -0.15) is 5.10 Å². The zero-order chi connectivity index (χ0) is 13.4. The van der Waals surface area contributed by atoms with Crippen LogP contribution < -0.4 is 5.32 Å². The van der Waals surface area contributed by atoms with Gasteiger partial charge in [-0.15, -0.1) is 11.3 Å². The van der Waals surface area contributed by atoms with Crippen LogP contribution in [0.1, 0.15) is 25.8 Å². The molecule has 7 heteroatoms. The first-order chi connectivity index (χ1) is 9.16. The fourth-order valence-electron chi connectivity index (χ4n) is 1.91. The average molecular weight is 294 g/mol. The SMILES string of the molecule is CC(C(=O)NC1CC1)n1c(-c2cccs2)n[nH]c1=S. The van der Waals surface area contributed by atoms with Crippen LogP contribution in [0.5, 0.6) is 0 Å². The molecule has 2 aromatic heterocycles. The highest BCUT2D eigenvalue weighted by molar-refractivity contribution is 7.71. The number of hydrogen-bond acceptors (Lipinski definition) is 4. The topological polar surface area (TPSA) is 62.7 Å². The van der Waals surface area contributed by atoms with Gasteiger partial charge in [0.05, 0.1) is 4.88 Å². The molecule has 1 unspecified atom stereocenters. The van der Waals surface area contributed by atoms with E-state index in [-0.39, 0.29) is 11.9 Å². The molecule has 2 aromatic rings. The Balaban J connectivity index is 1.92. The van der Waals surface area contributed by atoms with Crippen LogP contribution in [0.3, 0.4) is 0 Å². The normalized spacial score (nSPS) is 16.3. The largest absolute Gasteiger partial charge is 0.352 e. The second-order valence-electron chi connectivity index (χ2n) is 4.66. The third-order valence-electron chi connectivity index (χ3n) is 3.14. The summed E-state index contributed by atoms with van der Waals surface area (Å²) in [6.07, 6.45) is 2.15. The van der Waals surface area contributed by atoms with Crippen LogP contribution in [-0.2, 0) is 4.79 Å². The van der Waals surface area contributed by atoms with Gasteiger partial charge in [0.25, 0.3) is 0 Å². The van der Waals surface area contributed by atoms with Gasteiger partial charge in [-0.25, -0.2) is 0 Å². The van der Waals surface area contributed by atoms with Crippen molar-refractivity contribution in [3.8, 4) is 10.7 Å². The predicted octanol–water partition coefficient (Wildman–Crippen LogP) is 2.51. The first kappa shape index (κ1) is 12.6. The summed E-state index contributed by atoms with van der Waals surface area (Å²) in [5.41, 5.74) is 0. The number of hydrogen-bond donors (Lipinski definition) is 2. The van der Waals surface area contributed by atoms with E-state index in [9.17, 15) is 4.79 Å². The minimum Gasteiger partial charge on any atom is -0.352 e. The van der Waals surface area contributed by atoms with E-state index in [2.05, 4.69) is 15.5 Å². The summed E-state index contributed by atoms with van der Waals surface area (Å²) in [4.78, 5) is 13.1. The van der Waals surface area contributed by atoms with Gasteiger partial charge in [0.1, 0.15) is 6.04 Å². The second kappa shape index (κ2) is 4.90. The number of aromatic nitrogens is 3. The van der Waals surface area contributed by atoms with Crippen molar-refractivity contribution in [1.29, 1.82) is 0 Å². The summed E-state index contributed by atoms with van der Waals surface area (Å²) in [7, 11) is 0. The standard InChI is InChI=1S/C12H14N4OS2/c1-7(11(17)13-8-4-5-8)16-10(14-15-12(16)18)9-3-2-6-19-9/h2-3,6-8H,4-5H2,1H3,(H,13,17)(H,15,18). The highest BCUT2D eigenvalue weighted by atomic mass is 32.1. The summed E-state index contributed by atoms with van der Waals surface area (Å²) in [6.45, 7) is 1.85. The summed E-state index contributed by atoms with van der Waals surface area (Å²) in [5, 5.41) is 12.0. The molecular formula is C12H14N4OS2. The molecule has 19 heavy (non-hydrogen) atoms. The van der Waals surface area contributed by atoms with E-state index in [0.717, 1.165) is 23.5 Å². The Morgan fingerprint density at radius 2 is 2.47 bits per heavy atom. The average Bonchev–Trinajstić information content (AvgIpc) is 2.91. The van der Waals surface area contributed by atoms with E-state index in [1.165, 1.54) is 0 Å². The number of thiophene rings is 1. The van der Waals surface area contributed by atoms with Gasteiger partial charge in [0.15, 0.2) is 10.6 Å². The van der Waals surface area contributed by atoms with E-state index in [0.29, 0.717) is 10.8 Å². The predicted molar refractivity (Wildman–Crippen MR) is 76.6 cm³/mol. The Labute approximate surface area is 119 Å². The van der Waals surface area contributed by atoms with Crippen molar-refractivity contribution in [3.05, 3.63) is 22.3 Å². The van der Waals surface area contributed by atoms with Gasteiger partial charge >= 0.3 is 0 Å². The fourth-order valence-corrected chi connectivity index (χ4v) is 2.91. The summed E-state index contributed by atoms with van der Waals surface area (Å²) >= 11 is 6.82. The number of nitrogens with one attached hydrogen (secondary N) is 2. The molecule has 0 saturated heterocycles. The molecule has 5 nitrogen and oxygen atoms in total. The van der Waals surface area contributed by atoms with Crippen molar-refractivity contribution in [1.82, 2.24) is 20.1 Å². The molecule has 1 amide bonds. The van der Waals surface area contributed by atoms with Gasteiger partial charge in [-0.1, -0.05) is 6.07 Å². The van der Waals surface area contributed by atoms with Crippen molar-refractivity contribution in [3.63, 3.8) is 0 Å². The van der Waals surface area contributed by atoms with Crippen LogP contribution in [0.25, 0.3) is 10.7 Å². The second-order valence-corrected chi connectivity index (χ2v) is 5.99. The number of nitrogens with zero attached hydrogens (tertiary/aromatic N) is 2. The molecule has 2 heterocycles. The van der Waals surface area contributed by atoms with Crippen LogP contribution in [-0.4, -0.2) is 26.7 Å². The third kappa shape index (κ3) is 2.48. The van der Waals surface area contributed by atoms with Crippen LogP contribution in [0.4, 0.5) is 0 Å². The molecule has 1 fully saturated rings. The number of carbonyl (C=O) groups is 1. The quantitative estimate of drug-likeness (QED) is 0.852. The minimum absolute atomic E-state index is 0.00203. The number of aromatic amines is 1. The van der Waals surface area contributed by atoms with Gasteiger partial charge < -0.3 is 5.32 Å². The summed E-state index contributed by atoms with van der Waals surface area (Å²) in [5.74, 6) is 0.719. The van der Waals surface area contributed by atoms with Crippen molar-refractivity contribution < 1.29 is 4.79 Å². The first-order valence-corrected chi connectivity index (χ1v) is 7.47. The Morgan fingerprint density at radius 1 is 1.68 bits per heavy atom. The Bertz CT molecular complexity index is 639. The lowest BCUT2D eigenvalue weighted by Crippen LogP contribution is -2.32. The van der Waals surface area contributed by atoms with Gasteiger partial charge in [-0.3, -0.25) is 14.5 Å². The molecular weight excluding hydrogens is 280 g/mol. The van der Waals surface area contributed by atoms with Gasteiger partial charge in [0, 0.05) is 6.04 Å². The maximum Gasteiger partial charge on any atom is 0.243 e. The molecule has 1 aliphatic carbocycles. The van der Waals surface area contributed by atoms with Gasteiger partial charge in [-0.05, 0) is 43.4 Å². The highest BCUT2D eigenvalue weighted by Crippen LogP contribution is 2.26. The Kier molecular flexibility index (Phi) is 3.24. The van der Waals surface area contributed by atoms with Crippen LogP contribution in [0.15, 0.2) is 17.5 Å². The van der Waals surface area contributed by atoms with Crippen molar-refractivity contribution in [2.24, 2.45) is 0 Å². The van der Waals surface area contributed by atoms with E-state index < -0.39 is 0 Å². The smallest absolute Gasteiger partial charge is 0.243 e. The molecule has 0 radical (unpaired) electrons. The summed E-state index contributed by atoms with van der Waals surface area (Å²) in [6, 6.07) is 3.92. The number of H-pyrrole nitrogens is 1. The van der Waals surface area contributed by atoms with E-state index in [1.807, 2.05) is 24.4 Å². The maximum atomic E-state index is 12.1. The van der Waals surface area contributed by atoms with E-state index in [1.54, 1.807) is 15.9 Å². The van der Waals surface area contributed by atoms with Crippen LogP contribution >= 0.6 is 23.6 Å². The molecule has 0 aliphatic heterocycles. The molecule has 0 bridgehead atoms. The summed E-state index contributed by atoms with van der Waals surface area (Å²) < 4.78 is 2.25. The number of amides is 1. The molecule has 3 rings (SSSR count). The van der Waals surface area contributed by atoms with Crippen LogP contribution in [0, 0.1) is 4.77 Å². The fraction of sp³-hybridized carbons (Fsp3) is 0.417. The van der Waals surface area contributed by atoms with E-state index in [4.69, 9.17) is 12.2 Å². The lowest BCUT2D eigenvalue weighted by atomic mass is 10.3. The third-order valence-corrected chi connectivity index (χ3v) is 4.29. The molecule has 0 spiro atoms. The Hall–Kier alpha value is -1.47. The lowest BCUT2D eigenvalue weighted by Gasteiger charge is -2.14. The molecule has 0 aromatic carbocycles. The molecule has 1 atom stereocenters. The minimum atomic E-state index is -0.357. The van der Waals surface area contributed by atoms with E-state index >= 15 is 0 Å². The first-order valence-electron chi connectivity index (χ1n) is 6.18. The Morgan fingerprint density at radius 3 is 3.11 bits per heavy atom. The molecule has 1 saturated carbocycles. The van der Waals surface area contributed by atoms with Gasteiger partial charge in [0.2, 0.25) is 5.91 Å². The highest BCUT2D eigenvalue weighted by Gasteiger charge is 2.28. The molecule has 2 N–H and O–H groups in total.